The molecule has 0 spiro atoms. The van der Waals surface area contributed by atoms with E-state index in [9.17, 15) is 19.2 Å². The number of hydrogen-bond acceptors (Lipinski definition) is 7. The molecule has 0 bridgehead atoms. The van der Waals surface area contributed by atoms with Crippen LogP contribution in [0.2, 0.25) is 0 Å². The molecule has 0 aromatic heterocycles. The summed E-state index contributed by atoms with van der Waals surface area (Å²) in [6.45, 7) is 8.99. The van der Waals surface area contributed by atoms with Gasteiger partial charge in [-0.05, 0) is 42.6 Å². The summed E-state index contributed by atoms with van der Waals surface area (Å²) in [6, 6.07) is 12.2. The van der Waals surface area contributed by atoms with Gasteiger partial charge in [0.05, 0.1) is 11.1 Å². The Bertz CT molecular complexity index is 1220. The Hall–Kier alpha value is -3.56. The lowest BCUT2D eigenvalue weighted by atomic mass is 10.0. The molecular formula is C29H34N4O5. The third kappa shape index (κ3) is 5.49. The second-order valence-electron chi connectivity index (χ2n) is 10.2. The highest BCUT2D eigenvalue weighted by Crippen LogP contribution is 2.34. The van der Waals surface area contributed by atoms with Crippen LogP contribution in [0.15, 0.2) is 42.5 Å². The SMILES string of the molecule is CCCCN1CCN(Cc2ccc(COc3cccc4c3C(=O)N(C3CCC(=O)NC3=O)C4=O)cc2)CC1. The van der Waals surface area contributed by atoms with E-state index in [1.165, 1.54) is 24.9 Å². The van der Waals surface area contributed by atoms with Gasteiger partial charge in [0.15, 0.2) is 0 Å². The quantitative estimate of drug-likeness (QED) is 0.510. The Morgan fingerprint density at radius 1 is 0.895 bits per heavy atom. The Kier molecular flexibility index (Phi) is 7.85. The highest BCUT2D eigenvalue weighted by molar-refractivity contribution is 6.24. The maximum atomic E-state index is 13.2. The first-order valence-corrected chi connectivity index (χ1v) is 13.4. The zero-order chi connectivity index (χ0) is 26.6. The molecule has 9 heteroatoms. The smallest absolute Gasteiger partial charge is 0.266 e. The minimum absolute atomic E-state index is 0.0817. The highest BCUT2D eigenvalue weighted by atomic mass is 16.5. The van der Waals surface area contributed by atoms with Crippen LogP contribution in [0, 0.1) is 0 Å². The van der Waals surface area contributed by atoms with Gasteiger partial charge in [0, 0.05) is 39.1 Å². The van der Waals surface area contributed by atoms with Crippen LogP contribution in [0.5, 0.6) is 5.75 Å². The van der Waals surface area contributed by atoms with Crippen LogP contribution < -0.4 is 10.1 Å². The number of imide groups is 2. The number of rotatable bonds is 9. The average molecular weight is 519 g/mol. The number of benzene rings is 2. The van der Waals surface area contributed by atoms with Crippen molar-refractivity contribution >= 4 is 23.6 Å². The van der Waals surface area contributed by atoms with E-state index in [2.05, 4.69) is 34.2 Å². The van der Waals surface area contributed by atoms with Crippen LogP contribution in [-0.2, 0) is 22.7 Å². The normalized spacial score (nSPS) is 20.6. The fourth-order valence-corrected chi connectivity index (χ4v) is 5.32. The lowest BCUT2D eigenvalue weighted by Gasteiger charge is -2.34. The number of amides is 4. The Balaban J connectivity index is 1.19. The number of piperazine rings is 1. The first-order valence-electron chi connectivity index (χ1n) is 13.4. The summed E-state index contributed by atoms with van der Waals surface area (Å²) in [5.74, 6) is -1.83. The summed E-state index contributed by atoms with van der Waals surface area (Å²) in [4.78, 5) is 56.0. The molecule has 9 nitrogen and oxygen atoms in total. The molecule has 38 heavy (non-hydrogen) atoms. The predicted octanol–water partition coefficient (Wildman–Crippen LogP) is 2.58. The second-order valence-corrected chi connectivity index (χ2v) is 10.2. The third-order valence-corrected chi connectivity index (χ3v) is 7.55. The van der Waals surface area contributed by atoms with Gasteiger partial charge in [-0.1, -0.05) is 43.7 Å². The summed E-state index contributed by atoms with van der Waals surface area (Å²) < 4.78 is 6.00. The summed E-state index contributed by atoms with van der Waals surface area (Å²) in [5, 5.41) is 2.21. The minimum atomic E-state index is -1.00. The largest absolute Gasteiger partial charge is 0.488 e. The Morgan fingerprint density at radius 3 is 2.32 bits per heavy atom. The van der Waals surface area contributed by atoms with Gasteiger partial charge in [-0.25, -0.2) is 0 Å². The first-order chi connectivity index (χ1) is 18.4. The van der Waals surface area contributed by atoms with E-state index in [0.717, 1.165) is 43.2 Å². The molecule has 2 aromatic carbocycles. The van der Waals surface area contributed by atoms with Crippen LogP contribution in [0.1, 0.15) is 64.4 Å². The van der Waals surface area contributed by atoms with Crippen LogP contribution in [0.3, 0.4) is 0 Å². The number of ether oxygens (including phenoxy) is 1. The highest BCUT2D eigenvalue weighted by Gasteiger charge is 2.46. The van der Waals surface area contributed by atoms with Crippen LogP contribution in [0.25, 0.3) is 0 Å². The standard InChI is InChI=1S/C29H34N4O5/c1-2-3-13-31-14-16-32(17-15-31)18-20-7-9-21(10-8-20)19-38-24-6-4-5-22-26(24)29(37)33(28(22)36)23-11-12-25(34)30-27(23)35/h4-10,23H,2-3,11-19H2,1H3,(H,30,34,35). The number of nitrogens with one attached hydrogen (secondary N) is 1. The molecule has 0 saturated carbocycles. The van der Waals surface area contributed by atoms with Gasteiger partial charge in [0.1, 0.15) is 18.4 Å². The number of unbranched alkanes of at least 4 members (excludes halogenated alkanes) is 1. The number of nitrogens with zero attached hydrogens (tertiary/aromatic N) is 3. The monoisotopic (exact) mass is 518 g/mol. The van der Waals surface area contributed by atoms with Gasteiger partial charge in [-0.15, -0.1) is 0 Å². The van der Waals surface area contributed by atoms with Crippen LogP contribution in [-0.4, -0.2) is 77.1 Å². The summed E-state index contributed by atoms with van der Waals surface area (Å²) in [6.07, 6.45) is 2.70. The minimum Gasteiger partial charge on any atom is -0.488 e. The molecule has 3 heterocycles. The number of piperidine rings is 1. The summed E-state index contributed by atoms with van der Waals surface area (Å²) >= 11 is 0. The molecule has 2 saturated heterocycles. The molecule has 1 unspecified atom stereocenters. The molecule has 3 aliphatic heterocycles. The van der Waals surface area contributed by atoms with Crippen molar-refractivity contribution in [1.29, 1.82) is 0 Å². The van der Waals surface area contributed by atoms with E-state index in [1.807, 2.05) is 12.1 Å². The molecule has 1 atom stereocenters. The van der Waals surface area contributed by atoms with Gasteiger partial charge in [0.2, 0.25) is 11.8 Å². The van der Waals surface area contributed by atoms with Gasteiger partial charge in [0.25, 0.3) is 11.8 Å². The van der Waals surface area contributed by atoms with Gasteiger partial charge < -0.3 is 9.64 Å². The lowest BCUT2D eigenvalue weighted by Crippen LogP contribution is -2.54. The molecule has 0 radical (unpaired) electrons. The van der Waals surface area contributed by atoms with Crippen molar-refractivity contribution in [3.8, 4) is 5.75 Å². The van der Waals surface area contributed by atoms with E-state index in [1.54, 1.807) is 18.2 Å². The van der Waals surface area contributed by atoms with Crippen molar-refractivity contribution in [2.75, 3.05) is 32.7 Å². The summed E-state index contributed by atoms with van der Waals surface area (Å²) in [5.41, 5.74) is 2.57. The predicted molar refractivity (Wildman–Crippen MR) is 141 cm³/mol. The fourth-order valence-electron chi connectivity index (χ4n) is 5.32. The Morgan fingerprint density at radius 2 is 1.61 bits per heavy atom. The first kappa shape index (κ1) is 26.1. The molecule has 200 valence electrons. The molecule has 0 aliphatic carbocycles. The number of carbonyl (C=O) groups is 4. The zero-order valence-electron chi connectivity index (χ0n) is 21.8. The van der Waals surface area contributed by atoms with Crippen molar-refractivity contribution in [2.24, 2.45) is 0 Å². The number of carbonyl (C=O) groups excluding carboxylic acids is 4. The van der Waals surface area contributed by atoms with Crippen molar-refractivity contribution in [1.82, 2.24) is 20.0 Å². The fraction of sp³-hybridized carbons (Fsp3) is 0.448. The second kappa shape index (κ2) is 11.4. The maximum absolute atomic E-state index is 13.2. The van der Waals surface area contributed by atoms with Gasteiger partial charge in [-0.3, -0.25) is 34.3 Å². The van der Waals surface area contributed by atoms with Crippen molar-refractivity contribution in [3.63, 3.8) is 0 Å². The molecule has 1 N–H and O–H groups in total. The van der Waals surface area contributed by atoms with E-state index < -0.39 is 29.7 Å². The molecule has 2 aromatic rings. The molecule has 3 aliphatic rings. The number of fused-ring (bicyclic) bond motifs is 1. The molecule has 2 fully saturated rings. The van der Waals surface area contributed by atoms with E-state index in [-0.39, 0.29) is 30.6 Å². The van der Waals surface area contributed by atoms with Crippen molar-refractivity contribution < 1.29 is 23.9 Å². The van der Waals surface area contributed by atoms with Crippen molar-refractivity contribution in [2.45, 2.75) is 51.8 Å². The maximum Gasteiger partial charge on any atom is 0.266 e. The molecular weight excluding hydrogens is 484 g/mol. The Labute approximate surface area is 222 Å². The third-order valence-electron chi connectivity index (χ3n) is 7.55. The van der Waals surface area contributed by atoms with Gasteiger partial charge >= 0.3 is 0 Å². The van der Waals surface area contributed by atoms with E-state index >= 15 is 0 Å². The average Bonchev–Trinajstić information content (AvgIpc) is 3.18. The topological polar surface area (TPSA) is 99.3 Å². The van der Waals surface area contributed by atoms with E-state index in [0.29, 0.717) is 5.75 Å². The van der Waals surface area contributed by atoms with Crippen LogP contribution in [0.4, 0.5) is 0 Å². The number of hydrogen-bond donors (Lipinski definition) is 1. The van der Waals surface area contributed by atoms with Crippen molar-refractivity contribution in [3.05, 3.63) is 64.7 Å². The molecule has 5 rings (SSSR count). The molecule has 4 amide bonds. The lowest BCUT2D eigenvalue weighted by molar-refractivity contribution is -0.136. The zero-order valence-corrected chi connectivity index (χ0v) is 21.8. The summed E-state index contributed by atoms with van der Waals surface area (Å²) in [7, 11) is 0. The van der Waals surface area contributed by atoms with Crippen LogP contribution >= 0.6 is 0 Å². The van der Waals surface area contributed by atoms with Gasteiger partial charge in [-0.2, -0.15) is 0 Å². The van der Waals surface area contributed by atoms with E-state index in [4.69, 9.17) is 4.74 Å².